The fourth-order valence-corrected chi connectivity index (χ4v) is 4.69. The molecule has 138 valence electrons. The first-order valence-corrected chi connectivity index (χ1v) is 9.68. The molecule has 0 saturated carbocycles. The lowest BCUT2D eigenvalue weighted by molar-refractivity contribution is 0.109. The zero-order valence-corrected chi connectivity index (χ0v) is 16.2. The summed E-state index contributed by atoms with van der Waals surface area (Å²) in [6.45, 7) is 12.7. The van der Waals surface area contributed by atoms with Crippen molar-refractivity contribution in [3.05, 3.63) is 45.8 Å². The van der Waals surface area contributed by atoms with Gasteiger partial charge in [0.1, 0.15) is 6.33 Å². The van der Waals surface area contributed by atoms with Gasteiger partial charge in [0.25, 0.3) is 5.56 Å². The summed E-state index contributed by atoms with van der Waals surface area (Å²) in [6.07, 6.45) is 2.79. The third-order valence-corrected chi connectivity index (χ3v) is 5.86. The van der Waals surface area contributed by atoms with E-state index < -0.39 is 0 Å². The summed E-state index contributed by atoms with van der Waals surface area (Å²) < 4.78 is 2.01. The van der Waals surface area contributed by atoms with E-state index in [1.807, 2.05) is 18.4 Å². The van der Waals surface area contributed by atoms with Crippen molar-refractivity contribution in [3.63, 3.8) is 0 Å². The van der Waals surface area contributed by atoms with Gasteiger partial charge in [0.15, 0.2) is 0 Å². The van der Waals surface area contributed by atoms with E-state index in [9.17, 15) is 4.79 Å². The van der Waals surface area contributed by atoms with Gasteiger partial charge in [-0.15, -0.1) is 0 Å². The lowest BCUT2D eigenvalue weighted by atomic mass is 9.82. The monoisotopic (exact) mass is 352 g/mol. The van der Waals surface area contributed by atoms with E-state index in [-0.39, 0.29) is 5.56 Å². The first-order chi connectivity index (χ1) is 12.4. The van der Waals surface area contributed by atoms with Gasteiger partial charge in [-0.25, -0.2) is 9.97 Å². The molecule has 2 atom stereocenters. The molecular weight excluding hydrogens is 324 g/mol. The maximum absolute atomic E-state index is 12.9. The van der Waals surface area contributed by atoms with Crippen molar-refractivity contribution < 1.29 is 0 Å². The number of pyridine rings is 1. The van der Waals surface area contributed by atoms with Crippen molar-refractivity contribution in [3.8, 4) is 11.3 Å². The summed E-state index contributed by atoms with van der Waals surface area (Å²) >= 11 is 0. The lowest BCUT2D eigenvalue weighted by Crippen LogP contribution is -2.48. The fourth-order valence-electron chi connectivity index (χ4n) is 4.69. The summed E-state index contributed by atoms with van der Waals surface area (Å²) in [5.41, 5.74) is 5.14. The Bertz CT molecular complexity index is 886. The molecular formula is C21H28N4O. The first kappa shape index (κ1) is 17.4. The molecule has 0 aromatic carbocycles. The maximum atomic E-state index is 12.9. The minimum absolute atomic E-state index is 0.111. The number of hydrogen-bond donors (Lipinski definition) is 0. The van der Waals surface area contributed by atoms with Crippen LogP contribution >= 0.6 is 0 Å². The zero-order chi connectivity index (χ0) is 18.4. The summed E-state index contributed by atoms with van der Waals surface area (Å²) in [5, 5.41) is 0. The number of piperidine rings is 1. The highest BCUT2D eigenvalue weighted by atomic mass is 16.1. The van der Waals surface area contributed by atoms with Crippen molar-refractivity contribution in [2.45, 2.75) is 46.6 Å². The Morgan fingerprint density at radius 1 is 1.15 bits per heavy atom. The van der Waals surface area contributed by atoms with E-state index in [1.165, 1.54) is 12.1 Å². The molecule has 2 aliphatic heterocycles. The van der Waals surface area contributed by atoms with Crippen LogP contribution in [0, 0.1) is 25.7 Å². The van der Waals surface area contributed by atoms with Gasteiger partial charge >= 0.3 is 0 Å². The van der Waals surface area contributed by atoms with E-state index in [4.69, 9.17) is 0 Å². The highest BCUT2D eigenvalue weighted by molar-refractivity contribution is 5.63. The highest BCUT2D eigenvalue weighted by Crippen LogP contribution is 2.36. The SMILES string of the molecule is Cc1ncnc(-c2cc3n(c(=O)c2)C[C@H]2C[C@@H]3CN(CC(C)C)C2)c1C. The number of aryl methyl sites for hydroxylation is 1. The molecule has 0 unspecified atom stereocenters. The number of likely N-dealkylation sites (tertiary alicyclic amines) is 1. The largest absolute Gasteiger partial charge is 0.312 e. The van der Waals surface area contributed by atoms with E-state index in [0.29, 0.717) is 17.8 Å². The van der Waals surface area contributed by atoms with Crippen molar-refractivity contribution in [2.24, 2.45) is 11.8 Å². The van der Waals surface area contributed by atoms with Crippen molar-refractivity contribution in [2.75, 3.05) is 19.6 Å². The number of hydrogen-bond acceptors (Lipinski definition) is 4. The molecule has 5 nitrogen and oxygen atoms in total. The average molecular weight is 352 g/mol. The van der Waals surface area contributed by atoms with Gasteiger partial charge in [-0.2, -0.15) is 0 Å². The van der Waals surface area contributed by atoms with Gasteiger partial charge in [0.2, 0.25) is 0 Å². The molecule has 0 N–H and O–H groups in total. The van der Waals surface area contributed by atoms with Crippen LogP contribution in [0.25, 0.3) is 11.3 Å². The Kier molecular flexibility index (Phi) is 4.43. The molecule has 1 saturated heterocycles. The van der Waals surface area contributed by atoms with E-state index in [0.717, 1.165) is 48.7 Å². The van der Waals surface area contributed by atoms with E-state index in [1.54, 1.807) is 12.4 Å². The van der Waals surface area contributed by atoms with Crippen LogP contribution in [0.1, 0.15) is 43.1 Å². The van der Waals surface area contributed by atoms with Crippen molar-refractivity contribution in [1.29, 1.82) is 0 Å². The van der Waals surface area contributed by atoms with Gasteiger partial charge in [-0.3, -0.25) is 4.79 Å². The summed E-state index contributed by atoms with van der Waals surface area (Å²) in [5.74, 6) is 1.71. The van der Waals surface area contributed by atoms with Gasteiger partial charge in [-0.1, -0.05) is 13.8 Å². The van der Waals surface area contributed by atoms with E-state index >= 15 is 0 Å². The molecule has 2 aromatic heterocycles. The Morgan fingerprint density at radius 3 is 2.73 bits per heavy atom. The first-order valence-electron chi connectivity index (χ1n) is 9.68. The second-order valence-electron chi connectivity index (χ2n) is 8.46. The predicted octanol–water partition coefficient (Wildman–Crippen LogP) is 3.00. The molecule has 4 heterocycles. The quantitative estimate of drug-likeness (QED) is 0.852. The Morgan fingerprint density at radius 2 is 1.96 bits per heavy atom. The maximum Gasteiger partial charge on any atom is 0.251 e. The Labute approximate surface area is 155 Å². The number of fused-ring (bicyclic) bond motifs is 4. The molecule has 0 radical (unpaired) electrons. The molecule has 0 aliphatic carbocycles. The van der Waals surface area contributed by atoms with Crippen LogP contribution in [0.4, 0.5) is 0 Å². The standard InChI is InChI=1S/C21H28N4O/c1-13(2)8-24-9-16-5-18(11-24)19-6-17(7-20(26)25(19)10-16)21-14(3)15(4)22-12-23-21/h6-7,12-13,16,18H,5,8-11H2,1-4H3/t16-,18+/m0/s1. The zero-order valence-electron chi connectivity index (χ0n) is 16.2. The minimum Gasteiger partial charge on any atom is -0.312 e. The third-order valence-electron chi connectivity index (χ3n) is 5.86. The van der Waals surface area contributed by atoms with Crippen LogP contribution in [0.15, 0.2) is 23.3 Å². The molecule has 4 rings (SSSR count). The number of rotatable bonds is 3. The summed E-state index contributed by atoms with van der Waals surface area (Å²) in [6, 6.07) is 3.96. The average Bonchev–Trinajstić information content (AvgIpc) is 2.57. The van der Waals surface area contributed by atoms with Crippen LogP contribution in [-0.2, 0) is 6.54 Å². The van der Waals surface area contributed by atoms with Crippen LogP contribution in [0.3, 0.4) is 0 Å². The van der Waals surface area contributed by atoms with E-state index in [2.05, 4.69) is 34.8 Å². The molecule has 2 aromatic rings. The highest BCUT2D eigenvalue weighted by Gasteiger charge is 2.35. The summed E-state index contributed by atoms with van der Waals surface area (Å²) in [4.78, 5) is 24.2. The second-order valence-corrected chi connectivity index (χ2v) is 8.46. The van der Waals surface area contributed by atoms with Crippen LogP contribution in [0.5, 0.6) is 0 Å². The molecule has 1 fully saturated rings. The molecule has 0 spiro atoms. The molecule has 2 bridgehead atoms. The van der Waals surface area contributed by atoms with Gasteiger partial charge in [0.05, 0.1) is 5.69 Å². The van der Waals surface area contributed by atoms with Crippen molar-refractivity contribution >= 4 is 0 Å². The molecule has 0 amide bonds. The second kappa shape index (κ2) is 6.62. The van der Waals surface area contributed by atoms with Gasteiger partial charge in [0, 0.05) is 55.1 Å². The van der Waals surface area contributed by atoms with Crippen LogP contribution < -0.4 is 5.56 Å². The third kappa shape index (κ3) is 3.09. The van der Waals surface area contributed by atoms with Crippen LogP contribution in [-0.4, -0.2) is 39.1 Å². The molecule has 2 aliphatic rings. The lowest BCUT2D eigenvalue weighted by Gasteiger charge is -2.43. The molecule has 26 heavy (non-hydrogen) atoms. The van der Waals surface area contributed by atoms with Crippen molar-refractivity contribution in [1.82, 2.24) is 19.4 Å². The fraction of sp³-hybridized carbons (Fsp3) is 0.571. The minimum atomic E-state index is 0.111. The predicted molar refractivity (Wildman–Crippen MR) is 103 cm³/mol. The normalized spacial score (nSPS) is 22.5. The summed E-state index contributed by atoms with van der Waals surface area (Å²) in [7, 11) is 0. The van der Waals surface area contributed by atoms with Gasteiger partial charge in [-0.05, 0) is 43.7 Å². The number of aromatic nitrogens is 3. The molecule has 5 heteroatoms. The topological polar surface area (TPSA) is 51.0 Å². The Balaban J connectivity index is 1.75. The Hall–Kier alpha value is -2.01. The smallest absolute Gasteiger partial charge is 0.251 e. The number of nitrogens with zero attached hydrogens (tertiary/aromatic N) is 4. The van der Waals surface area contributed by atoms with Crippen LogP contribution in [0.2, 0.25) is 0 Å². The van der Waals surface area contributed by atoms with Gasteiger partial charge < -0.3 is 9.47 Å².